The van der Waals surface area contributed by atoms with Gasteiger partial charge in [0.25, 0.3) is 0 Å². The number of nitrogens with one attached hydrogen (secondary N) is 1. The van der Waals surface area contributed by atoms with Crippen molar-refractivity contribution in [1.29, 1.82) is 0 Å². The van der Waals surface area contributed by atoms with E-state index in [1.54, 1.807) is 0 Å². The Kier molecular flexibility index (Phi) is 5.15. The molecule has 3 nitrogen and oxygen atoms in total. The Morgan fingerprint density at radius 2 is 2.12 bits per heavy atom. The Labute approximate surface area is 111 Å². The fraction of sp³-hybridized carbons (Fsp3) is 0.462. The zero-order chi connectivity index (χ0) is 13.0. The van der Waals surface area contributed by atoms with Gasteiger partial charge in [-0.25, -0.2) is 0 Å². The maximum absolute atomic E-state index is 12.0. The maximum Gasteiger partial charge on any atom is 0.229 e. The van der Waals surface area contributed by atoms with E-state index in [0.717, 1.165) is 15.7 Å². The van der Waals surface area contributed by atoms with Crippen molar-refractivity contribution < 1.29 is 4.79 Å². The van der Waals surface area contributed by atoms with Crippen molar-refractivity contribution in [3.8, 4) is 0 Å². The molecule has 0 radical (unpaired) electrons. The van der Waals surface area contributed by atoms with Crippen LogP contribution in [0.2, 0.25) is 0 Å². The number of hydrogen-bond acceptors (Lipinski definition) is 2. The van der Waals surface area contributed by atoms with Crippen LogP contribution in [-0.4, -0.2) is 12.5 Å². The van der Waals surface area contributed by atoms with E-state index in [4.69, 9.17) is 5.73 Å². The molecular formula is C13H19BrN2O. The number of nitrogens with two attached hydrogens (primary N) is 1. The summed E-state index contributed by atoms with van der Waals surface area (Å²) in [5.74, 6) is 0.0854. The lowest BCUT2D eigenvalue weighted by molar-refractivity contribution is -0.120. The van der Waals surface area contributed by atoms with Crippen molar-refractivity contribution in [3.63, 3.8) is 0 Å². The molecule has 1 rings (SSSR count). The molecule has 0 aliphatic carbocycles. The van der Waals surface area contributed by atoms with E-state index >= 15 is 0 Å². The van der Waals surface area contributed by atoms with Crippen molar-refractivity contribution in [1.82, 2.24) is 0 Å². The van der Waals surface area contributed by atoms with Gasteiger partial charge in [-0.1, -0.05) is 35.8 Å². The topological polar surface area (TPSA) is 55.1 Å². The second-order valence-electron chi connectivity index (χ2n) is 4.54. The molecule has 17 heavy (non-hydrogen) atoms. The summed E-state index contributed by atoms with van der Waals surface area (Å²) in [6.07, 6.45) is 0. The number of aryl methyl sites for hydroxylation is 1. The zero-order valence-electron chi connectivity index (χ0n) is 10.5. The highest BCUT2D eigenvalue weighted by atomic mass is 79.9. The van der Waals surface area contributed by atoms with Crippen LogP contribution in [0.25, 0.3) is 0 Å². The van der Waals surface area contributed by atoms with E-state index in [1.807, 2.05) is 39.0 Å². The Morgan fingerprint density at radius 1 is 1.47 bits per heavy atom. The molecule has 0 fully saturated rings. The Balaban J connectivity index is 2.77. The molecule has 3 N–H and O–H groups in total. The van der Waals surface area contributed by atoms with Gasteiger partial charge in [0.05, 0.1) is 5.92 Å². The number of benzene rings is 1. The molecule has 1 aromatic carbocycles. The second kappa shape index (κ2) is 6.17. The molecule has 0 aromatic heterocycles. The van der Waals surface area contributed by atoms with Crippen LogP contribution in [0.3, 0.4) is 0 Å². The van der Waals surface area contributed by atoms with E-state index in [2.05, 4.69) is 21.2 Å². The number of carbonyl (C=O) groups excluding carboxylic acids is 1. The van der Waals surface area contributed by atoms with Crippen molar-refractivity contribution >= 4 is 27.5 Å². The van der Waals surface area contributed by atoms with Gasteiger partial charge in [0.2, 0.25) is 5.91 Å². The Bertz CT molecular complexity index is 404. The van der Waals surface area contributed by atoms with E-state index in [1.165, 1.54) is 0 Å². The lowest BCUT2D eigenvalue weighted by atomic mass is 9.95. The summed E-state index contributed by atoms with van der Waals surface area (Å²) < 4.78 is 0.990. The smallest absolute Gasteiger partial charge is 0.229 e. The number of halogens is 1. The summed E-state index contributed by atoms with van der Waals surface area (Å²) in [6, 6.07) is 5.76. The van der Waals surface area contributed by atoms with Crippen LogP contribution in [0.1, 0.15) is 19.4 Å². The van der Waals surface area contributed by atoms with Crippen LogP contribution in [0.15, 0.2) is 22.7 Å². The van der Waals surface area contributed by atoms with Gasteiger partial charge in [-0.2, -0.15) is 0 Å². The molecule has 1 unspecified atom stereocenters. The number of rotatable bonds is 4. The predicted molar refractivity (Wildman–Crippen MR) is 74.9 cm³/mol. The van der Waals surface area contributed by atoms with Gasteiger partial charge in [-0.15, -0.1) is 0 Å². The lowest BCUT2D eigenvalue weighted by Gasteiger charge is -2.18. The molecule has 0 saturated carbocycles. The van der Waals surface area contributed by atoms with E-state index in [9.17, 15) is 4.79 Å². The first kappa shape index (κ1) is 14.2. The minimum absolute atomic E-state index is 0.0155. The summed E-state index contributed by atoms with van der Waals surface area (Å²) in [6.45, 7) is 6.38. The van der Waals surface area contributed by atoms with Crippen molar-refractivity contribution in [3.05, 3.63) is 28.2 Å². The zero-order valence-corrected chi connectivity index (χ0v) is 12.0. The van der Waals surface area contributed by atoms with Crippen molar-refractivity contribution in [2.24, 2.45) is 17.6 Å². The van der Waals surface area contributed by atoms with E-state index < -0.39 is 0 Å². The van der Waals surface area contributed by atoms with Gasteiger partial charge in [0.1, 0.15) is 0 Å². The molecule has 1 amide bonds. The van der Waals surface area contributed by atoms with Crippen molar-refractivity contribution in [2.45, 2.75) is 20.8 Å². The largest absolute Gasteiger partial charge is 0.330 e. The minimum Gasteiger partial charge on any atom is -0.330 e. The van der Waals surface area contributed by atoms with Crippen LogP contribution >= 0.6 is 15.9 Å². The Hall–Kier alpha value is -0.870. The van der Waals surface area contributed by atoms with Gasteiger partial charge in [0.15, 0.2) is 0 Å². The molecule has 0 aliphatic heterocycles. The third kappa shape index (κ3) is 3.82. The number of carbonyl (C=O) groups is 1. The van der Waals surface area contributed by atoms with E-state index in [-0.39, 0.29) is 17.7 Å². The molecule has 0 aliphatic rings. The SMILES string of the molecule is Cc1ccc(NC(=O)C(CN)C(C)C)cc1Br. The van der Waals surface area contributed by atoms with Gasteiger partial charge >= 0.3 is 0 Å². The van der Waals surface area contributed by atoms with Crippen LogP contribution in [0.5, 0.6) is 0 Å². The van der Waals surface area contributed by atoms with Crippen LogP contribution in [0.4, 0.5) is 5.69 Å². The van der Waals surface area contributed by atoms with Crippen LogP contribution in [-0.2, 0) is 4.79 Å². The highest BCUT2D eigenvalue weighted by Crippen LogP contribution is 2.21. The first-order chi connectivity index (χ1) is 7.95. The summed E-state index contributed by atoms with van der Waals surface area (Å²) in [5.41, 5.74) is 7.55. The number of hydrogen-bond donors (Lipinski definition) is 2. The lowest BCUT2D eigenvalue weighted by Crippen LogP contribution is -2.33. The van der Waals surface area contributed by atoms with Crippen molar-refractivity contribution in [2.75, 3.05) is 11.9 Å². The quantitative estimate of drug-likeness (QED) is 0.898. The molecule has 4 heteroatoms. The van der Waals surface area contributed by atoms with Gasteiger partial charge in [0, 0.05) is 16.7 Å². The molecule has 0 saturated heterocycles. The molecule has 0 heterocycles. The average molecular weight is 299 g/mol. The first-order valence-corrected chi connectivity index (χ1v) is 6.52. The van der Waals surface area contributed by atoms with Gasteiger partial charge in [-0.05, 0) is 30.5 Å². The van der Waals surface area contributed by atoms with Crippen LogP contribution < -0.4 is 11.1 Å². The normalized spacial score (nSPS) is 12.6. The fourth-order valence-corrected chi connectivity index (χ4v) is 1.97. The summed E-state index contributed by atoms with van der Waals surface area (Å²) in [5, 5.41) is 2.89. The number of amides is 1. The Morgan fingerprint density at radius 3 is 2.59 bits per heavy atom. The highest BCUT2D eigenvalue weighted by molar-refractivity contribution is 9.10. The molecule has 1 aromatic rings. The summed E-state index contributed by atoms with van der Waals surface area (Å²) in [7, 11) is 0. The monoisotopic (exact) mass is 298 g/mol. The third-order valence-electron chi connectivity index (χ3n) is 2.83. The second-order valence-corrected chi connectivity index (χ2v) is 5.39. The molecule has 0 spiro atoms. The molecule has 1 atom stereocenters. The van der Waals surface area contributed by atoms with Gasteiger partial charge in [-0.3, -0.25) is 4.79 Å². The summed E-state index contributed by atoms with van der Waals surface area (Å²) in [4.78, 5) is 12.0. The predicted octanol–water partition coefficient (Wildman–Crippen LogP) is 2.93. The van der Waals surface area contributed by atoms with Crippen LogP contribution in [0, 0.1) is 18.8 Å². The van der Waals surface area contributed by atoms with Gasteiger partial charge < -0.3 is 11.1 Å². The summed E-state index contributed by atoms with van der Waals surface area (Å²) >= 11 is 3.44. The fourth-order valence-electron chi connectivity index (χ4n) is 1.59. The maximum atomic E-state index is 12.0. The molecular weight excluding hydrogens is 280 g/mol. The first-order valence-electron chi connectivity index (χ1n) is 5.72. The average Bonchev–Trinajstić information content (AvgIpc) is 2.24. The minimum atomic E-state index is -0.143. The third-order valence-corrected chi connectivity index (χ3v) is 3.69. The highest BCUT2D eigenvalue weighted by Gasteiger charge is 2.20. The number of anilines is 1. The van der Waals surface area contributed by atoms with E-state index in [0.29, 0.717) is 6.54 Å². The standard InChI is InChI=1S/C13H19BrN2O/c1-8(2)11(7-15)13(17)16-10-5-4-9(3)12(14)6-10/h4-6,8,11H,7,15H2,1-3H3,(H,16,17). The molecule has 0 bridgehead atoms. The molecule has 94 valence electrons.